The molecule has 11 nitrogen and oxygen atoms in total. The van der Waals surface area contributed by atoms with Crippen LogP contribution in [0.4, 0.5) is 4.79 Å². The quantitative estimate of drug-likeness (QED) is 0.176. The minimum atomic E-state index is -2.10. The van der Waals surface area contributed by atoms with Crippen LogP contribution in [0.3, 0.4) is 0 Å². The normalized spacial score (nSPS) is 18.7. The van der Waals surface area contributed by atoms with E-state index in [0.29, 0.717) is 32.1 Å². The molecule has 1 saturated heterocycles. The number of hydrogen-bond acceptors (Lipinski definition) is 8. The van der Waals surface area contributed by atoms with Crippen LogP contribution in [0.2, 0.25) is 0 Å². The van der Waals surface area contributed by atoms with Gasteiger partial charge in [-0.2, -0.15) is 0 Å². The van der Waals surface area contributed by atoms with Crippen LogP contribution in [0.15, 0.2) is 30.3 Å². The van der Waals surface area contributed by atoms with E-state index in [-0.39, 0.29) is 44.8 Å². The number of likely N-dealkylation sites (tertiary alicyclic amines) is 1. The highest BCUT2D eigenvalue weighted by molar-refractivity contribution is 6.18. The van der Waals surface area contributed by atoms with Gasteiger partial charge in [0.15, 0.2) is 11.3 Å². The van der Waals surface area contributed by atoms with Gasteiger partial charge in [-0.15, -0.1) is 0 Å². The zero-order valence-corrected chi connectivity index (χ0v) is 26.2. The number of unbranched alkanes of at least 4 members (excludes halogenated alkanes) is 1. The summed E-state index contributed by atoms with van der Waals surface area (Å²) in [6.07, 6.45) is 1.81. The van der Waals surface area contributed by atoms with Gasteiger partial charge in [0.2, 0.25) is 11.8 Å². The molecule has 1 aliphatic rings. The van der Waals surface area contributed by atoms with Crippen LogP contribution in [-0.2, 0) is 35.3 Å². The van der Waals surface area contributed by atoms with Gasteiger partial charge in [-0.3, -0.25) is 24.1 Å². The molecule has 3 atom stereocenters. The van der Waals surface area contributed by atoms with Crippen LogP contribution < -0.4 is 11.1 Å². The van der Waals surface area contributed by atoms with Crippen LogP contribution >= 0.6 is 0 Å². The zero-order valence-electron chi connectivity index (χ0n) is 26.2. The largest absolute Gasteiger partial charge is 0.445 e. The summed E-state index contributed by atoms with van der Waals surface area (Å²) in [4.78, 5) is 81.9. The number of aldehydes is 1. The lowest BCUT2D eigenvalue weighted by Gasteiger charge is -2.46. The van der Waals surface area contributed by atoms with E-state index in [1.807, 2.05) is 37.3 Å². The van der Waals surface area contributed by atoms with Crippen LogP contribution in [0.25, 0.3) is 0 Å². The number of carbonyl (C=O) groups is 6. The number of ether oxygens (including phenoxy) is 1. The molecule has 1 aromatic carbocycles. The van der Waals surface area contributed by atoms with Gasteiger partial charge in [0.1, 0.15) is 12.9 Å². The molecule has 0 aliphatic carbocycles. The Balaban J connectivity index is 2.18. The van der Waals surface area contributed by atoms with Gasteiger partial charge in [-0.1, -0.05) is 65.0 Å². The highest BCUT2D eigenvalue weighted by Gasteiger charge is 2.60. The van der Waals surface area contributed by atoms with Gasteiger partial charge < -0.3 is 25.5 Å². The van der Waals surface area contributed by atoms with E-state index in [1.54, 1.807) is 27.7 Å². The minimum absolute atomic E-state index is 0.0475. The van der Waals surface area contributed by atoms with E-state index in [0.717, 1.165) is 10.5 Å². The number of carbonyl (C=O) groups excluding carboxylic acids is 6. The van der Waals surface area contributed by atoms with Gasteiger partial charge in [0, 0.05) is 25.9 Å². The number of ketones is 1. The van der Waals surface area contributed by atoms with Crippen molar-refractivity contribution in [3.05, 3.63) is 35.9 Å². The Morgan fingerprint density at radius 2 is 1.77 bits per heavy atom. The lowest BCUT2D eigenvalue weighted by Crippen LogP contribution is -2.72. The monoisotopic (exact) mass is 600 g/mol. The third kappa shape index (κ3) is 8.72. The summed E-state index contributed by atoms with van der Waals surface area (Å²) >= 11 is 0. The van der Waals surface area contributed by atoms with E-state index in [9.17, 15) is 28.8 Å². The highest BCUT2D eigenvalue weighted by atomic mass is 16.5. The maximum absolute atomic E-state index is 14.4. The Bertz CT molecular complexity index is 1120. The van der Waals surface area contributed by atoms with Crippen molar-refractivity contribution in [3.8, 4) is 0 Å². The van der Waals surface area contributed by atoms with E-state index in [1.165, 1.54) is 4.90 Å². The number of imide groups is 1. The predicted octanol–water partition coefficient (Wildman–Crippen LogP) is 3.38. The topological polar surface area (TPSA) is 156 Å². The second-order valence-electron chi connectivity index (χ2n) is 11.7. The van der Waals surface area contributed by atoms with Crippen LogP contribution in [0.1, 0.15) is 85.1 Å². The predicted molar refractivity (Wildman–Crippen MR) is 161 cm³/mol. The molecule has 0 bridgehead atoms. The number of nitrogens with zero attached hydrogens (tertiary/aromatic N) is 2. The molecule has 0 unspecified atom stereocenters. The van der Waals surface area contributed by atoms with Crippen molar-refractivity contribution in [1.82, 2.24) is 15.1 Å². The first kappa shape index (κ1) is 35.6. The first-order valence-corrected chi connectivity index (χ1v) is 15.3. The summed E-state index contributed by atoms with van der Waals surface area (Å²) in [6, 6.07) is 7.30. The number of hydrogen-bond donors (Lipinski definition) is 2. The number of amides is 4. The van der Waals surface area contributed by atoms with Crippen molar-refractivity contribution in [3.63, 3.8) is 0 Å². The summed E-state index contributed by atoms with van der Waals surface area (Å²) in [5.41, 5.74) is 5.07. The van der Waals surface area contributed by atoms with Crippen LogP contribution in [-0.4, -0.2) is 76.4 Å². The summed E-state index contributed by atoms with van der Waals surface area (Å²) in [7, 11) is 0. The molecule has 0 saturated carbocycles. The van der Waals surface area contributed by atoms with Crippen molar-refractivity contribution < 1.29 is 33.5 Å². The SMILES string of the molecule is CCCN(C(=O)[C@@]1(C(C)C)C(=O)CCCC(=O)N1C(=O)[C@@H](N)CCCCNC(=O)OCc1ccccc1)[C@H](C=O)C(C)C. The highest BCUT2D eigenvalue weighted by Crippen LogP contribution is 2.36. The van der Waals surface area contributed by atoms with E-state index in [4.69, 9.17) is 10.5 Å². The van der Waals surface area contributed by atoms with Crippen molar-refractivity contribution in [1.29, 1.82) is 0 Å². The smallest absolute Gasteiger partial charge is 0.407 e. The molecular weight excluding hydrogens is 552 g/mol. The summed E-state index contributed by atoms with van der Waals surface area (Å²) in [5, 5.41) is 2.66. The average molecular weight is 601 g/mol. The van der Waals surface area contributed by atoms with Gasteiger partial charge >= 0.3 is 6.09 Å². The minimum Gasteiger partial charge on any atom is -0.445 e. The van der Waals surface area contributed by atoms with E-state index in [2.05, 4.69) is 5.32 Å². The molecule has 43 heavy (non-hydrogen) atoms. The van der Waals surface area contributed by atoms with Gasteiger partial charge in [0.25, 0.3) is 5.91 Å². The van der Waals surface area contributed by atoms with Crippen LogP contribution in [0.5, 0.6) is 0 Å². The maximum Gasteiger partial charge on any atom is 0.407 e. The molecule has 0 spiro atoms. The van der Waals surface area contributed by atoms with Crippen molar-refractivity contribution in [2.24, 2.45) is 17.6 Å². The summed E-state index contributed by atoms with van der Waals surface area (Å²) in [5.74, 6) is -3.65. The number of alkyl carbamates (subject to hydrolysis) is 1. The molecule has 2 rings (SSSR count). The molecule has 1 heterocycles. The molecule has 0 radical (unpaired) electrons. The molecule has 1 fully saturated rings. The molecule has 4 amide bonds. The summed E-state index contributed by atoms with van der Waals surface area (Å²) in [6.45, 7) is 9.34. The lowest BCUT2D eigenvalue weighted by atomic mass is 9.77. The Kier molecular flexibility index (Phi) is 14.0. The molecular formula is C32H48N4O7. The Labute approximate surface area is 254 Å². The fourth-order valence-corrected chi connectivity index (χ4v) is 5.54. The van der Waals surface area contributed by atoms with Crippen molar-refractivity contribution >= 4 is 35.9 Å². The van der Waals surface area contributed by atoms with Crippen molar-refractivity contribution in [2.45, 2.75) is 104 Å². The van der Waals surface area contributed by atoms with E-state index < -0.39 is 53.1 Å². The van der Waals surface area contributed by atoms with Crippen molar-refractivity contribution in [2.75, 3.05) is 13.1 Å². The molecule has 1 aliphatic heterocycles. The molecule has 3 N–H and O–H groups in total. The standard InChI is InChI=1S/C32H48N4O7/c1-6-19-35(26(20-37)22(2)3)30(41)32(23(4)5)27(38)16-12-17-28(39)36(32)29(40)25(33)15-10-11-18-34-31(42)43-21-24-13-8-7-9-14-24/h7-9,13-14,20,22-23,25-26H,6,10-12,15-19,21,33H2,1-5H3,(H,34,42)/t25-,26+,32+/m0/s1. The Hall–Kier alpha value is -3.60. The first-order chi connectivity index (χ1) is 20.4. The average Bonchev–Trinajstić information content (AvgIpc) is 3.10. The molecule has 1 aromatic rings. The number of Topliss-reactive ketones (excluding diaryl/α,β-unsaturated/α-hetero) is 1. The number of rotatable bonds is 15. The number of nitrogens with one attached hydrogen (secondary N) is 1. The maximum atomic E-state index is 14.4. The fourth-order valence-electron chi connectivity index (χ4n) is 5.54. The van der Waals surface area contributed by atoms with E-state index >= 15 is 0 Å². The van der Waals surface area contributed by atoms with Gasteiger partial charge in [-0.25, -0.2) is 4.79 Å². The third-order valence-corrected chi connectivity index (χ3v) is 7.85. The second kappa shape index (κ2) is 16.9. The Morgan fingerprint density at radius 1 is 1.09 bits per heavy atom. The Morgan fingerprint density at radius 3 is 2.35 bits per heavy atom. The zero-order chi connectivity index (χ0) is 32.2. The van der Waals surface area contributed by atoms with Gasteiger partial charge in [0.05, 0.1) is 12.1 Å². The molecule has 238 valence electrons. The molecule has 0 aromatic heterocycles. The van der Waals surface area contributed by atoms with Crippen LogP contribution in [0, 0.1) is 11.8 Å². The number of nitrogens with two attached hydrogens (primary N) is 1. The lowest BCUT2D eigenvalue weighted by molar-refractivity contribution is -0.172. The van der Waals surface area contributed by atoms with Gasteiger partial charge in [-0.05, 0) is 49.5 Å². The fraction of sp³-hybridized carbons (Fsp3) is 0.625. The summed E-state index contributed by atoms with van der Waals surface area (Å²) < 4.78 is 5.19. The second-order valence-corrected chi connectivity index (χ2v) is 11.7. The third-order valence-electron chi connectivity index (χ3n) is 7.85. The molecule has 11 heteroatoms. The first-order valence-electron chi connectivity index (χ1n) is 15.3. The number of benzene rings is 1.